The van der Waals surface area contributed by atoms with Crippen molar-refractivity contribution in [3.63, 3.8) is 0 Å². The van der Waals surface area contributed by atoms with Crippen LogP contribution < -0.4 is 10.6 Å². The van der Waals surface area contributed by atoms with E-state index in [9.17, 15) is 4.39 Å². The quantitative estimate of drug-likeness (QED) is 0.799. The zero-order valence-corrected chi connectivity index (χ0v) is 9.30. The van der Waals surface area contributed by atoms with Gasteiger partial charge < -0.3 is 10.6 Å². The number of rotatable bonds is 2. The molecule has 1 aromatic rings. The lowest BCUT2D eigenvalue weighted by Gasteiger charge is -2.34. The van der Waals surface area contributed by atoms with Crippen molar-refractivity contribution in [3.05, 3.63) is 29.6 Å². The molecule has 2 nitrogen and oxygen atoms in total. The van der Waals surface area contributed by atoms with Crippen LogP contribution in [0.25, 0.3) is 0 Å². The number of para-hydroxylation sites is 1. The number of anilines is 1. The van der Waals surface area contributed by atoms with Crippen LogP contribution >= 0.6 is 0 Å². The van der Waals surface area contributed by atoms with Crippen molar-refractivity contribution in [2.75, 3.05) is 11.9 Å². The van der Waals surface area contributed by atoms with E-state index in [0.29, 0.717) is 17.8 Å². The minimum Gasteiger partial charge on any atom is -0.381 e. The van der Waals surface area contributed by atoms with E-state index in [1.807, 2.05) is 6.07 Å². The molecule has 1 atom stereocenters. The third-order valence-corrected chi connectivity index (χ3v) is 3.67. The predicted octanol–water partition coefficient (Wildman–Crippen LogP) is 2.30. The smallest absolute Gasteiger partial charge is 0.146 e. The molecular formula is C13H17FN2. The first kappa shape index (κ1) is 10.1. The first-order chi connectivity index (χ1) is 7.83. The standard InChI is InChI=1S/C13H17FN2/c14-12-6-1-3-9-7-11(8-15-13(9)12)16-10-4-2-5-10/h1,3,6,10-11,15-16H,2,4-5,7-8H2. The Labute approximate surface area is 95.2 Å². The summed E-state index contributed by atoms with van der Waals surface area (Å²) in [5.41, 5.74) is 1.80. The summed E-state index contributed by atoms with van der Waals surface area (Å²) >= 11 is 0. The van der Waals surface area contributed by atoms with Crippen LogP contribution in [0.4, 0.5) is 10.1 Å². The zero-order chi connectivity index (χ0) is 11.0. The summed E-state index contributed by atoms with van der Waals surface area (Å²) in [6.07, 6.45) is 4.89. The molecule has 2 aliphatic rings. The van der Waals surface area contributed by atoms with Gasteiger partial charge in [-0.25, -0.2) is 4.39 Å². The molecule has 1 saturated carbocycles. The monoisotopic (exact) mass is 220 g/mol. The summed E-state index contributed by atoms with van der Waals surface area (Å²) in [6.45, 7) is 0.838. The van der Waals surface area contributed by atoms with Gasteiger partial charge in [0, 0.05) is 18.6 Å². The molecule has 3 heteroatoms. The number of hydrogen-bond donors (Lipinski definition) is 2. The molecule has 1 fully saturated rings. The third-order valence-electron chi connectivity index (χ3n) is 3.67. The molecule has 0 spiro atoms. The topological polar surface area (TPSA) is 24.1 Å². The van der Waals surface area contributed by atoms with E-state index in [0.717, 1.165) is 18.5 Å². The molecule has 0 bridgehead atoms. The van der Waals surface area contributed by atoms with Crippen LogP contribution in [0, 0.1) is 5.82 Å². The van der Waals surface area contributed by atoms with Crippen molar-refractivity contribution in [2.45, 2.75) is 37.8 Å². The van der Waals surface area contributed by atoms with Crippen LogP contribution in [0.1, 0.15) is 24.8 Å². The van der Waals surface area contributed by atoms with E-state index in [4.69, 9.17) is 0 Å². The summed E-state index contributed by atoms with van der Waals surface area (Å²) in [5.74, 6) is -0.125. The molecule has 16 heavy (non-hydrogen) atoms. The van der Waals surface area contributed by atoms with Crippen LogP contribution in [-0.2, 0) is 6.42 Å². The first-order valence-corrected chi connectivity index (χ1v) is 6.10. The number of hydrogen-bond acceptors (Lipinski definition) is 2. The molecule has 1 aliphatic heterocycles. The van der Waals surface area contributed by atoms with Gasteiger partial charge in [-0.3, -0.25) is 0 Å². The van der Waals surface area contributed by atoms with Crippen LogP contribution in [0.2, 0.25) is 0 Å². The van der Waals surface area contributed by atoms with E-state index >= 15 is 0 Å². The van der Waals surface area contributed by atoms with Crippen molar-refractivity contribution in [3.8, 4) is 0 Å². The lowest BCUT2D eigenvalue weighted by Crippen LogP contribution is -2.48. The largest absolute Gasteiger partial charge is 0.381 e. The van der Waals surface area contributed by atoms with E-state index in [2.05, 4.69) is 10.6 Å². The van der Waals surface area contributed by atoms with Crippen molar-refractivity contribution >= 4 is 5.69 Å². The van der Waals surface area contributed by atoms with Gasteiger partial charge in [-0.2, -0.15) is 0 Å². The second-order valence-electron chi connectivity index (χ2n) is 4.85. The minimum atomic E-state index is -0.125. The number of halogens is 1. The first-order valence-electron chi connectivity index (χ1n) is 6.10. The Bertz CT molecular complexity index is 388. The molecule has 1 heterocycles. The maximum atomic E-state index is 13.5. The van der Waals surface area contributed by atoms with Crippen LogP contribution in [-0.4, -0.2) is 18.6 Å². The zero-order valence-electron chi connectivity index (χ0n) is 9.30. The minimum absolute atomic E-state index is 0.125. The van der Waals surface area contributed by atoms with Gasteiger partial charge >= 0.3 is 0 Å². The lowest BCUT2D eigenvalue weighted by molar-refractivity contribution is 0.304. The average Bonchev–Trinajstić information content (AvgIpc) is 2.24. The average molecular weight is 220 g/mol. The van der Waals surface area contributed by atoms with Gasteiger partial charge in [-0.15, -0.1) is 0 Å². The van der Waals surface area contributed by atoms with Crippen LogP contribution in [0.5, 0.6) is 0 Å². The highest BCUT2D eigenvalue weighted by Gasteiger charge is 2.25. The summed E-state index contributed by atoms with van der Waals surface area (Å²) in [5, 5.41) is 6.83. The Balaban J connectivity index is 1.70. The SMILES string of the molecule is Fc1cccc2c1NCC(NC1CCC1)C2. The molecule has 3 rings (SSSR count). The molecule has 0 saturated heterocycles. The van der Waals surface area contributed by atoms with E-state index < -0.39 is 0 Å². The molecule has 86 valence electrons. The van der Waals surface area contributed by atoms with E-state index in [-0.39, 0.29) is 5.82 Å². The maximum absolute atomic E-state index is 13.5. The Morgan fingerprint density at radius 3 is 2.88 bits per heavy atom. The third kappa shape index (κ3) is 1.80. The number of fused-ring (bicyclic) bond motifs is 1. The number of nitrogens with one attached hydrogen (secondary N) is 2. The lowest BCUT2D eigenvalue weighted by atomic mass is 9.90. The summed E-state index contributed by atoms with van der Waals surface area (Å²) in [4.78, 5) is 0. The maximum Gasteiger partial charge on any atom is 0.146 e. The van der Waals surface area contributed by atoms with Crippen molar-refractivity contribution < 1.29 is 4.39 Å². The van der Waals surface area contributed by atoms with Crippen LogP contribution in [0.15, 0.2) is 18.2 Å². The molecule has 0 amide bonds. The molecule has 2 N–H and O–H groups in total. The Morgan fingerprint density at radius 1 is 1.25 bits per heavy atom. The second kappa shape index (κ2) is 4.06. The van der Waals surface area contributed by atoms with Gasteiger partial charge in [0.15, 0.2) is 0 Å². The fourth-order valence-corrected chi connectivity index (χ4v) is 2.53. The normalized spacial score (nSPS) is 24.4. The summed E-state index contributed by atoms with van der Waals surface area (Å²) < 4.78 is 13.5. The molecule has 1 unspecified atom stereocenters. The van der Waals surface area contributed by atoms with Crippen molar-refractivity contribution in [1.82, 2.24) is 5.32 Å². The molecule has 0 aromatic heterocycles. The molecule has 0 radical (unpaired) electrons. The van der Waals surface area contributed by atoms with Gasteiger partial charge in [0.25, 0.3) is 0 Å². The van der Waals surface area contributed by atoms with Crippen molar-refractivity contribution in [2.24, 2.45) is 0 Å². The summed E-state index contributed by atoms with van der Waals surface area (Å²) in [7, 11) is 0. The van der Waals surface area contributed by atoms with E-state index in [1.165, 1.54) is 25.3 Å². The van der Waals surface area contributed by atoms with Gasteiger partial charge in [0.2, 0.25) is 0 Å². The van der Waals surface area contributed by atoms with E-state index in [1.54, 1.807) is 6.07 Å². The van der Waals surface area contributed by atoms with Gasteiger partial charge in [0.05, 0.1) is 5.69 Å². The van der Waals surface area contributed by atoms with Gasteiger partial charge in [-0.05, 0) is 30.9 Å². The van der Waals surface area contributed by atoms with Crippen LogP contribution in [0.3, 0.4) is 0 Å². The fourth-order valence-electron chi connectivity index (χ4n) is 2.53. The van der Waals surface area contributed by atoms with Gasteiger partial charge in [0.1, 0.15) is 5.82 Å². The molecular weight excluding hydrogens is 203 g/mol. The Kier molecular flexibility index (Phi) is 2.56. The highest BCUT2D eigenvalue weighted by atomic mass is 19.1. The highest BCUT2D eigenvalue weighted by Crippen LogP contribution is 2.26. The number of benzene rings is 1. The Hall–Kier alpha value is -1.09. The van der Waals surface area contributed by atoms with Crippen molar-refractivity contribution in [1.29, 1.82) is 0 Å². The van der Waals surface area contributed by atoms with Gasteiger partial charge in [-0.1, -0.05) is 18.6 Å². The highest BCUT2D eigenvalue weighted by molar-refractivity contribution is 5.54. The Morgan fingerprint density at radius 2 is 2.12 bits per heavy atom. The second-order valence-corrected chi connectivity index (χ2v) is 4.85. The molecule has 1 aromatic carbocycles. The predicted molar refractivity (Wildman–Crippen MR) is 63.2 cm³/mol. The summed E-state index contributed by atoms with van der Waals surface area (Å²) in [6, 6.07) is 6.48. The molecule has 1 aliphatic carbocycles. The fraction of sp³-hybridized carbons (Fsp3) is 0.538.